The molecule has 1 aromatic heterocycles. The van der Waals surface area contributed by atoms with Gasteiger partial charge in [-0.2, -0.15) is 0 Å². The number of aromatic nitrogens is 1. The van der Waals surface area contributed by atoms with Gasteiger partial charge in [0.05, 0.1) is 18.2 Å². The molecule has 22 heavy (non-hydrogen) atoms. The number of guanidine groups is 1. The molecule has 0 unspecified atom stereocenters. The molecule has 0 amide bonds. The zero-order chi connectivity index (χ0) is 15.8. The van der Waals surface area contributed by atoms with Crippen molar-refractivity contribution in [3.63, 3.8) is 0 Å². The van der Waals surface area contributed by atoms with Crippen molar-refractivity contribution >= 4 is 17.3 Å². The summed E-state index contributed by atoms with van der Waals surface area (Å²) < 4.78 is 5.63. The SMILES string of the molecule is CCOc1ccccc1CNC(=NC)NCc1cnc(C)s1. The molecule has 118 valence electrons. The van der Waals surface area contributed by atoms with Gasteiger partial charge in [-0.3, -0.25) is 4.99 Å². The van der Waals surface area contributed by atoms with Gasteiger partial charge in [0, 0.05) is 30.2 Å². The Bertz CT molecular complexity index is 624. The number of ether oxygens (including phenoxy) is 1. The first-order valence-electron chi connectivity index (χ1n) is 7.29. The molecule has 0 fully saturated rings. The molecule has 1 heterocycles. The fourth-order valence-electron chi connectivity index (χ4n) is 2.00. The van der Waals surface area contributed by atoms with Crippen molar-refractivity contribution in [1.29, 1.82) is 0 Å². The van der Waals surface area contributed by atoms with E-state index in [0.29, 0.717) is 13.2 Å². The Morgan fingerprint density at radius 3 is 2.73 bits per heavy atom. The van der Waals surface area contributed by atoms with Crippen LogP contribution in [0.1, 0.15) is 22.4 Å². The van der Waals surface area contributed by atoms with E-state index in [-0.39, 0.29) is 0 Å². The van der Waals surface area contributed by atoms with Crippen LogP contribution in [0.2, 0.25) is 0 Å². The Balaban J connectivity index is 1.88. The normalized spacial score (nSPS) is 11.3. The summed E-state index contributed by atoms with van der Waals surface area (Å²) in [5.41, 5.74) is 1.11. The van der Waals surface area contributed by atoms with Gasteiger partial charge in [-0.25, -0.2) is 4.98 Å². The van der Waals surface area contributed by atoms with Crippen LogP contribution < -0.4 is 15.4 Å². The van der Waals surface area contributed by atoms with Crippen LogP contribution in [-0.4, -0.2) is 24.6 Å². The van der Waals surface area contributed by atoms with E-state index in [1.807, 2.05) is 38.2 Å². The Hall–Kier alpha value is -2.08. The molecule has 5 nitrogen and oxygen atoms in total. The lowest BCUT2D eigenvalue weighted by Gasteiger charge is -2.13. The summed E-state index contributed by atoms with van der Waals surface area (Å²) in [5, 5.41) is 7.67. The quantitative estimate of drug-likeness (QED) is 0.635. The summed E-state index contributed by atoms with van der Waals surface area (Å²) in [6, 6.07) is 8.03. The minimum Gasteiger partial charge on any atom is -0.494 e. The highest BCUT2D eigenvalue weighted by Crippen LogP contribution is 2.17. The van der Waals surface area contributed by atoms with Crippen LogP contribution in [0.25, 0.3) is 0 Å². The lowest BCUT2D eigenvalue weighted by atomic mass is 10.2. The van der Waals surface area contributed by atoms with Crippen LogP contribution in [0, 0.1) is 6.92 Å². The summed E-state index contributed by atoms with van der Waals surface area (Å²) in [6.45, 7) is 6.04. The second kappa shape index (κ2) is 8.38. The zero-order valence-corrected chi connectivity index (χ0v) is 14.0. The maximum absolute atomic E-state index is 5.63. The van der Waals surface area contributed by atoms with Crippen molar-refractivity contribution in [3.05, 3.63) is 45.9 Å². The summed E-state index contributed by atoms with van der Waals surface area (Å²) >= 11 is 1.69. The van der Waals surface area contributed by atoms with Gasteiger partial charge in [0.1, 0.15) is 5.75 Å². The third-order valence-electron chi connectivity index (χ3n) is 3.04. The van der Waals surface area contributed by atoms with Gasteiger partial charge in [-0.05, 0) is 19.9 Å². The Morgan fingerprint density at radius 2 is 2.05 bits per heavy atom. The van der Waals surface area contributed by atoms with Crippen molar-refractivity contribution in [2.24, 2.45) is 4.99 Å². The zero-order valence-electron chi connectivity index (χ0n) is 13.2. The van der Waals surface area contributed by atoms with E-state index in [0.717, 1.165) is 28.8 Å². The van der Waals surface area contributed by atoms with Crippen molar-refractivity contribution in [2.45, 2.75) is 26.9 Å². The van der Waals surface area contributed by atoms with E-state index in [4.69, 9.17) is 4.74 Å². The number of hydrogen-bond acceptors (Lipinski definition) is 4. The smallest absolute Gasteiger partial charge is 0.191 e. The average Bonchev–Trinajstić information content (AvgIpc) is 2.95. The minimum atomic E-state index is 0.661. The third kappa shape index (κ3) is 4.73. The summed E-state index contributed by atoms with van der Waals surface area (Å²) in [6.07, 6.45) is 1.89. The molecule has 2 N–H and O–H groups in total. The number of aliphatic imine (C=N–C) groups is 1. The molecule has 0 aliphatic carbocycles. The van der Waals surface area contributed by atoms with Crippen molar-refractivity contribution in [3.8, 4) is 5.75 Å². The molecule has 0 saturated carbocycles. The molecule has 2 rings (SSSR count). The van der Waals surface area contributed by atoms with E-state index >= 15 is 0 Å². The minimum absolute atomic E-state index is 0.661. The maximum Gasteiger partial charge on any atom is 0.191 e. The first-order chi connectivity index (χ1) is 10.7. The number of rotatable bonds is 6. The van der Waals surface area contributed by atoms with Crippen LogP contribution in [0.15, 0.2) is 35.5 Å². The molecule has 0 saturated heterocycles. The van der Waals surface area contributed by atoms with Crippen LogP contribution >= 0.6 is 11.3 Å². The fraction of sp³-hybridized carbons (Fsp3) is 0.375. The van der Waals surface area contributed by atoms with Gasteiger partial charge in [-0.1, -0.05) is 18.2 Å². The highest BCUT2D eigenvalue weighted by molar-refractivity contribution is 7.11. The number of nitrogens with one attached hydrogen (secondary N) is 2. The van der Waals surface area contributed by atoms with Gasteiger partial charge in [0.25, 0.3) is 0 Å². The van der Waals surface area contributed by atoms with E-state index in [9.17, 15) is 0 Å². The predicted octanol–water partition coefficient (Wildman–Crippen LogP) is 2.72. The number of aryl methyl sites for hydroxylation is 1. The molecule has 0 bridgehead atoms. The molecule has 0 atom stereocenters. The van der Waals surface area contributed by atoms with E-state index in [2.05, 4.69) is 26.7 Å². The van der Waals surface area contributed by atoms with Crippen molar-refractivity contribution in [1.82, 2.24) is 15.6 Å². The van der Waals surface area contributed by atoms with Crippen LogP contribution in [0.4, 0.5) is 0 Å². The molecule has 0 aliphatic rings. The first-order valence-corrected chi connectivity index (χ1v) is 8.11. The maximum atomic E-state index is 5.63. The van der Waals surface area contributed by atoms with Crippen molar-refractivity contribution in [2.75, 3.05) is 13.7 Å². The third-order valence-corrected chi connectivity index (χ3v) is 3.95. The molecule has 0 spiro atoms. The summed E-state index contributed by atoms with van der Waals surface area (Å²) in [4.78, 5) is 9.68. The second-order valence-electron chi connectivity index (χ2n) is 4.67. The van der Waals surface area contributed by atoms with Crippen LogP contribution in [-0.2, 0) is 13.1 Å². The monoisotopic (exact) mass is 318 g/mol. The lowest BCUT2D eigenvalue weighted by Crippen LogP contribution is -2.36. The Kier molecular flexibility index (Phi) is 6.21. The number of nitrogens with zero attached hydrogens (tertiary/aromatic N) is 2. The highest BCUT2D eigenvalue weighted by Gasteiger charge is 2.05. The number of para-hydroxylation sites is 1. The van der Waals surface area contributed by atoms with Gasteiger partial charge in [-0.15, -0.1) is 11.3 Å². The van der Waals surface area contributed by atoms with E-state index in [1.54, 1.807) is 18.4 Å². The van der Waals surface area contributed by atoms with Gasteiger partial charge < -0.3 is 15.4 Å². The fourth-order valence-corrected chi connectivity index (χ4v) is 2.74. The number of benzene rings is 1. The van der Waals surface area contributed by atoms with Gasteiger partial charge in [0.2, 0.25) is 0 Å². The van der Waals surface area contributed by atoms with E-state index in [1.165, 1.54) is 4.88 Å². The van der Waals surface area contributed by atoms with E-state index < -0.39 is 0 Å². The highest BCUT2D eigenvalue weighted by atomic mass is 32.1. The average molecular weight is 318 g/mol. The summed E-state index contributed by atoms with van der Waals surface area (Å²) in [7, 11) is 1.77. The predicted molar refractivity (Wildman–Crippen MR) is 91.5 cm³/mol. The standard InChI is InChI=1S/C16H22N4OS/c1-4-21-15-8-6-5-7-13(15)9-19-16(17-3)20-11-14-10-18-12(2)22-14/h5-8,10H,4,9,11H2,1-3H3,(H2,17,19,20). The van der Waals surface area contributed by atoms with Crippen molar-refractivity contribution < 1.29 is 4.74 Å². The number of hydrogen-bond donors (Lipinski definition) is 2. The van der Waals surface area contributed by atoms with Crippen LogP contribution in [0.3, 0.4) is 0 Å². The molecule has 6 heteroatoms. The molecular formula is C16H22N4OS. The molecule has 0 aliphatic heterocycles. The lowest BCUT2D eigenvalue weighted by molar-refractivity contribution is 0.336. The van der Waals surface area contributed by atoms with Crippen LogP contribution in [0.5, 0.6) is 5.75 Å². The summed E-state index contributed by atoms with van der Waals surface area (Å²) in [5.74, 6) is 1.67. The molecule has 1 aromatic carbocycles. The largest absolute Gasteiger partial charge is 0.494 e. The molecule has 2 aromatic rings. The second-order valence-corrected chi connectivity index (χ2v) is 5.98. The molecular weight excluding hydrogens is 296 g/mol. The molecule has 0 radical (unpaired) electrons. The number of thiazole rings is 1. The van der Waals surface area contributed by atoms with Gasteiger partial charge in [0.15, 0.2) is 5.96 Å². The Morgan fingerprint density at radius 1 is 1.27 bits per heavy atom. The topological polar surface area (TPSA) is 58.5 Å². The van der Waals surface area contributed by atoms with Gasteiger partial charge >= 0.3 is 0 Å². The first kappa shape index (κ1) is 16.3. The Labute approximate surface area is 135 Å².